The van der Waals surface area contributed by atoms with Gasteiger partial charge in [0.2, 0.25) is 0 Å². The van der Waals surface area contributed by atoms with Gasteiger partial charge in [0.25, 0.3) is 5.91 Å². The van der Waals surface area contributed by atoms with Crippen molar-refractivity contribution in [2.75, 3.05) is 17.3 Å². The van der Waals surface area contributed by atoms with Crippen LogP contribution < -0.4 is 10.2 Å². The Bertz CT molecular complexity index is 882. The SMILES string of the molecule is Cc1ccc(Nc2ccc(C(=O)N(C)c3ccccc3)nn2)c(Br)c1. The number of hydrogen-bond donors (Lipinski definition) is 1. The van der Waals surface area contributed by atoms with Crippen molar-refractivity contribution in [3.05, 3.63) is 76.4 Å². The summed E-state index contributed by atoms with van der Waals surface area (Å²) in [6.45, 7) is 2.03. The Balaban J connectivity index is 1.74. The van der Waals surface area contributed by atoms with Gasteiger partial charge in [-0.3, -0.25) is 4.79 Å². The molecule has 0 aliphatic rings. The number of carbonyl (C=O) groups excluding carboxylic acids is 1. The summed E-state index contributed by atoms with van der Waals surface area (Å²) in [6, 6.07) is 18.8. The Kier molecular flexibility index (Phi) is 5.09. The molecule has 0 saturated carbocycles. The highest BCUT2D eigenvalue weighted by atomic mass is 79.9. The molecule has 0 spiro atoms. The number of hydrogen-bond acceptors (Lipinski definition) is 4. The summed E-state index contributed by atoms with van der Waals surface area (Å²) < 4.78 is 0.943. The van der Waals surface area contributed by atoms with Crippen LogP contribution in [0.4, 0.5) is 17.2 Å². The predicted molar refractivity (Wildman–Crippen MR) is 103 cm³/mol. The first-order valence-electron chi connectivity index (χ1n) is 7.74. The van der Waals surface area contributed by atoms with E-state index in [1.54, 1.807) is 24.1 Å². The molecule has 0 unspecified atom stereocenters. The number of benzene rings is 2. The number of aromatic nitrogens is 2. The number of amides is 1. The molecule has 2 aromatic carbocycles. The van der Waals surface area contributed by atoms with Gasteiger partial charge in [0, 0.05) is 17.2 Å². The number of aryl methyl sites for hydroxylation is 1. The van der Waals surface area contributed by atoms with Crippen LogP contribution in [-0.2, 0) is 0 Å². The summed E-state index contributed by atoms with van der Waals surface area (Å²) in [6.07, 6.45) is 0. The lowest BCUT2D eigenvalue weighted by atomic mass is 10.2. The second kappa shape index (κ2) is 7.44. The maximum atomic E-state index is 12.5. The molecular weight excluding hydrogens is 380 g/mol. The molecule has 1 amide bonds. The zero-order valence-electron chi connectivity index (χ0n) is 13.9. The zero-order valence-corrected chi connectivity index (χ0v) is 15.5. The van der Waals surface area contributed by atoms with Crippen molar-refractivity contribution in [2.45, 2.75) is 6.92 Å². The average molecular weight is 397 g/mol. The minimum absolute atomic E-state index is 0.207. The molecule has 3 rings (SSSR count). The van der Waals surface area contributed by atoms with E-state index in [4.69, 9.17) is 0 Å². The van der Waals surface area contributed by atoms with Crippen LogP contribution in [0.3, 0.4) is 0 Å². The Hall–Kier alpha value is -2.73. The fraction of sp³-hybridized carbons (Fsp3) is 0.105. The van der Waals surface area contributed by atoms with Crippen molar-refractivity contribution in [3.8, 4) is 0 Å². The molecule has 25 heavy (non-hydrogen) atoms. The van der Waals surface area contributed by atoms with E-state index in [-0.39, 0.29) is 5.91 Å². The molecular formula is C19H17BrN4O. The first-order valence-corrected chi connectivity index (χ1v) is 8.54. The Morgan fingerprint density at radius 1 is 1.04 bits per heavy atom. The van der Waals surface area contributed by atoms with Crippen LogP contribution in [-0.4, -0.2) is 23.2 Å². The maximum absolute atomic E-state index is 12.5. The van der Waals surface area contributed by atoms with Crippen LogP contribution in [0.1, 0.15) is 16.1 Å². The van der Waals surface area contributed by atoms with Crippen LogP contribution in [0.2, 0.25) is 0 Å². The van der Waals surface area contributed by atoms with E-state index in [1.807, 2.05) is 55.5 Å². The number of rotatable bonds is 4. The standard InChI is InChI=1S/C19H17BrN4O/c1-13-8-9-16(15(20)12-13)21-18-11-10-17(22-23-18)19(25)24(2)14-6-4-3-5-7-14/h3-12H,1-2H3,(H,21,23). The van der Waals surface area contributed by atoms with Crippen molar-refractivity contribution in [1.29, 1.82) is 0 Å². The molecule has 1 N–H and O–H groups in total. The van der Waals surface area contributed by atoms with Gasteiger partial charge in [-0.05, 0) is 64.8 Å². The van der Waals surface area contributed by atoms with E-state index in [9.17, 15) is 4.79 Å². The van der Waals surface area contributed by atoms with Crippen molar-refractivity contribution in [2.24, 2.45) is 0 Å². The Labute approximate surface area is 154 Å². The van der Waals surface area contributed by atoms with Crippen molar-refractivity contribution < 1.29 is 4.79 Å². The molecule has 126 valence electrons. The molecule has 0 saturated heterocycles. The summed E-state index contributed by atoms with van der Waals surface area (Å²) in [7, 11) is 1.72. The summed E-state index contributed by atoms with van der Waals surface area (Å²) >= 11 is 3.52. The first-order chi connectivity index (χ1) is 12.0. The number of para-hydroxylation sites is 1. The number of carbonyl (C=O) groups is 1. The third-order valence-corrected chi connectivity index (χ3v) is 4.38. The fourth-order valence-corrected chi connectivity index (χ4v) is 2.91. The van der Waals surface area contributed by atoms with Crippen LogP contribution in [0, 0.1) is 6.92 Å². The second-order valence-corrected chi connectivity index (χ2v) is 6.47. The highest BCUT2D eigenvalue weighted by molar-refractivity contribution is 9.10. The van der Waals surface area contributed by atoms with Crippen molar-refractivity contribution in [1.82, 2.24) is 10.2 Å². The van der Waals surface area contributed by atoms with Gasteiger partial charge in [0.1, 0.15) is 0 Å². The minimum atomic E-state index is -0.207. The highest BCUT2D eigenvalue weighted by Gasteiger charge is 2.15. The first kappa shape index (κ1) is 17.1. The molecule has 0 aliphatic heterocycles. The van der Waals surface area contributed by atoms with Crippen LogP contribution in [0.5, 0.6) is 0 Å². The van der Waals surface area contributed by atoms with Gasteiger partial charge in [0.15, 0.2) is 11.5 Å². The summed E-state index contributed by atoms with van der Waals surface area (Å²) in [4.78, 5) is 14.1. The maximum Gasteiger partial charge on any atom is 0.278 e. The molecule has 0 bridgehead atoms. The molecule has 0 radical (unpaired) electrons. The lowest BCUT2D eigenvalue weighted by Crippen LogP contribution is -2.27. The molecule has 1 aromatic heterocycles. The average Bonchev–Trinajstić information content (AvgIpc) is 2.64. The van der Waals surface area contributed by atoms with Gasteiger partial charge < -0.3 is 10.2 Å². The molecule has 0 aliphatic carbocycles. The van der Waals surface area contributed by atoms with Crippen LogP contribution in [0.25, 0.3) is 0 Å². The Morgan fingerprint density at radius 2 is 1.80 bits per heavy atom. The van der Waals surface area contributed by atoms with Gasteiger partial charge in [-0.15, -0.1) is 10.2 Å². The summed E-state index contributed by atoms with van der Waals surface area (Å²) in [5, 5.41) is 11.3. The largest absolute Gasteiger partial charge is 0.338 e. The lowest BCUT2D eigenvalue weighted by molar-refractivity contribution is 0.0987. The minimum Gasteiger partial charge on any atom is -0.338 e. The Morgan fingerprint density at radius 3 is 2.44 bits per heavy atom. The van der Waals surface area contributed by atoms with E-state index in [2.05, 4.69) is 31.4 Å². The molecule has 6 heteroatoms. The van der Waals surface area contributed by atoms with E-state index in [0.717, 1.165) is 21.4 Å². The number of nitrogens with one attached hydrogen (secondary N) is 1. The topological polar surface area (TPSA) is 58.1 Å². The molecule has 0 atom stereocenters. The second-order valence-electron chi connectivity index (χ2n) is 5.61. The molecule has 3 aromatic rings. The number of anilines is 3. The summed E-state index contributed by atoms with van der Waals surface area (Å²) in [5.74, 6) is 0.366. The van der Waals surface area contributed by atoms with Crippen LogP contribution in [0.15, 0.2) is 65.1 Å². The fourth-order valence-electron chi connectivity index (χ4n) is 2.31. The highest BCUT2D eigenvalue weighted by Crippen LogP contribution is 2.26. The number of halogens is 1. The van der Waals surface area contributed by atoms with Crippen LogP contribution >= 0.6 is 15.9 Å². The predicted octanol–water partition coefficient (Wildman–Crippen LogP) is 4.57. The molecule has 5 nitrogen and oxygen atoms in total. The zero-order chi connectivity index (χ0) is 17.8. The van der Waals surface area contributed by atoms with E-state index < -0.39 is 0 Å². The van der Waals surface area contributed by atoms with Gasteiger partial charge >= 0.3 is 0 Å². The monoisotopic (exact) mass is 396 g/mol. The summed E-state index contributed by atoms with van der Waals surface area (Å²) in [5.41, 5.74) is 3.15. The van der Waals surface area contributed by atoms with E-state index in [0.29, 0.717) is 11.5 Å². The smallest absolute Gasteiger partial charge is 0.278 e. The van der Waals surface area contributed by atoms with Gasteiger partial charge in [-0.1, -0.05) is 24.3 Å². The third kappa shape index (κ3) is 4.03. The van der Waals surface area contributed by atoms with Gasteiger partial charge in [0.05, 0.1) is 5.69 Å². The third-order valence-electron chi connectivity index (χ3n) is 3.72. The van der Waals surface area contributed by atoms with E-state index >= 15 is 0 Å². The lowest BCUT2D eigenvalue weighted by Gasteiger charge is -2.16. The van der Waals surface area contributed by atoms with Crippen molar-refractivity contribution >= 4 is 39.0 Å². The quantitative estimate of drug-likeness (QED) is 0.701. The number of nitrogens with zero attached hydrogens (tertiary/aromatic N) is 3. The molecule has 1 heterocycles. The normalized spacial score (nSPS) is 10.4. The van der Waals surface area contributed by atoms with E-state index in [1.165, 1.54) is 0 Å². The molecule has 0 fully saturated rings. The van der Waals surface area contributed by atoms with Crippen molar-refractivity contribution in [3.63, 3.8) is 0 Å². The van der Waals surface area contributed by atoms with Gasteiger partial charge in [-0.2, -0.15) is 0 Å². The van der Waals surface area contributed by atoms with Gasteiger partial charge in [-0.25, -0.2) is 0 Å².